The molecule has 1 aromatic heterocycles. The molecule has 0 aromatic carbocycles. The Morgan fingerprint density at radius 1 is 1.53 bits per heavy atom. The van der Waals surface area contributed by atoms with Crippen LogP contribution in [0, 0.1) is 0 Å². The topological polar surface area (TPSA) is 49.4 Å². The van der Waals surface area contributed by atoms with E-state index >= 15 is 0 Å². The smallest absolute Gasteiger partial charge is 0.252 e. The summed E-state index contributed by atoms with van der Waals surface area (Å²) in [5.41, 5.74) is 0. The van der Waals surface area contributed by atoms with Gasteiger partial charge in [-0.25, -0.2) is 8.42 Å². The zero-order valence-corrected chi connectivity index (χ0v) is 13.3. The molecule has 1 saturated heterocycles. The standard InChI is InChI=1S/C9H13BrN2O2S2.ClH/c1-11-7-4-5-12(6-7)16(13,14)9-3-2-8(10)15-9;/h2-3,7,11H,4-6H2,1H3;1H. The van der Waals surface area contributed by atoms with E-state index in [1.807, 2.05) is 7.05 Å². The van der Waals surface area contributed by atoms with Gasteiger partial charge >= 0.3 is 0 Å². The Morgan fingerprint density at radius 2 is 2.24 bits per heavy atom. The molecule has 0 bridgehead atoms. The summed E-state index contributed by atoms with van der Waals surface area (Å²) in [5.74, 6) is 0. The summed E-state index contributed by atoms with van der Waals surface area (Å²) >= 11 is 4.54. The summed E-state index contributed by atoms with van der Waals surface area (Å²) in [4.78, 5) is 0. The largest absolute Gasteiger partial charge is 0.316 e. The summed E-state index contributed by atoms with van der Waals surface area (Å²) in [6, 6.07) is 3.69. The molecule has 1 N–H and O–H groups in total. The Bertz CT molecular complexity index is 477. The first-order valence-corrected chi connectivity index (χ1v) is 8.02. The molecule has 1 unspecified atom stereocenters. The molecule has 1 aliphatic heterocycles. The van der Waals surface area contributed by atoms with E-state index in [0.717, 1.165) is 10.2 Å². The number of likely N-dealkylation sites (N-methyl/N-ethyl adjacent to an activating group) is 1. The van der Waals surface area contributed by atoms with E-state index in [1.165, 1.54) is 11.3 Å². The maximum Gasteiger partial charge on any atom is 0.252 e. The van der Waals surface area contributed by atoms with E-state index in [0.29, 0.717) is 17.3 Å². The number of hydrogen-bond acceptors (Lipinski definition) is 4. The van der Waals surface area contributed by atoms with Gasteiger partial charge in [0, 0.05) is 19.1 Å². The third-order valence-electron chi connectivity index (χ3n) is 2.70. The van der Waals surface area contributed by atoms with Crippen molar-refractivity contribution in [3.8, 4) is 0 Å². The van der Waals surface area contributed by atoms with E-state index in [9.17, 15) is 8.42 Å². The fourth-order valence-electron chi connectivity index (χ4n) is 1.75. The lowest BCUT2D eigenvalue weighted by atomic mass is 10.3. The maximum absolute atomic E-state index is 12.2. The Morgan fingerprint density at radius 3 is 2.71 bits per heavy atom. The number of rotatable bonds is 3. The number of hydrogen-bond donors (Lipinski definition) is 1. The van der Waals surface area contributed by atoms with Crippen molar-refractivity contribution in [1.82, 2.24) is 9.62 Å². The summed E-state index contributed by atoms with van der Waals surface area (Å²) in [5, 5.41) is 3.11. The molecule has 2 heterocycles. The predicted molar refractivity (Wildman–Crippen MR) is 75.5 cm³/mol. The molecule has 0 spiro atoms. The molecule has 8 heteroatoms. The monoisotopic (exact) mass is 360 g/mol. The normalized spacial score (nSPS) is 21.4. The highest BCUT2D eigenvalue weighted by molar-refractivity contribution is 9.11. The van der Waals surface area contributed by atoms with Crippen molar-refractivity contribution in [2.45, 2.75) is 16.7 Å². The molecule has 4 nitrogen and oxygen atoms in total. The number of thiophene rings is 1. The molecule has 1 fully saturated rings. The van der Waals surface area contributed by atoms with Gasteiger partial charge in [-0.15, -0.1) is 23.7 Å². The fourth-order valence-corrected chi connectivity index (χ4v) is 5.41. The highest BCUT2D eigenvalue weighted by Gasteiger charge is 2.32. The van der Waals surface area contributed by atoms with Crippen LogP contribution in [0.4, 0.5) is 0 Å². The van der Waals surface area contributed by atoms with Crippen molar-refractivity contribution in [1.29, 1.82) is 0 Å². The second kappa shape index (κ2) is 5.99. The number of nitrogens with one attached hydrogen (secondary N) is 1. The van der Waals surface area contributed by atoms with Gasteiger partial charge in [-0.05, 0) is 41.5 Å². The summed E-state index contributed by atoms with van der Waals surface area (Å²) in [7, 11) is -1.42. The van der Waals surface area contributed by atoms with Crippen molar-refractivity contribution in [2.75, 3.05) is 20.1 Å². The van der Waals surface area contributed by atoms with Crippen molar-refractivity contribution in [3.63, 3.8) is 0 Å². The molecule has 1 atom stereocenters. The van der Waals surface area contributed by atoms with Crippen LogP contribution in [0.3, 0.4) is 0 Å². The molecule has 0 aliphatic carbocycles. The van der Waals surface area contributed by atoms with E-state index in [4.69, 9.17) is 0 Å². The van der Waals surface area contributed by atoms with Crippen LogP contribution >= 0.6 is 39.7 Å². The van der Waals surface area contributed by atoms with Crippen molar-refractivity contribution in [3.05, 3.63) is 15.9 Å². The molecule has 98 valence electrons. The number of sulfonamides is 1. The van der Waals surface area contributed by atoms with Crippen LogP contribution in [0.15, 0.2) is 20.1 Å². The minimum atomic E-state index is -3.28. The zero-order chi connectivity index (χ0) is 11.8. The lowest BCUT2D eigenvalue weighted by Gasteiger charge is -2.14. The van der Waals surface area contributed by atoms with Gasteiger partial charge in [0.05, 0.1) is 3.79 Å². The lowest BCUT2D eigenvalue weighted by molar-refractivity contribution is 0.466. The average Bonchev–Trinajstić information content (AvgIpc) is 2.85. The Balaban J connectivity index is 0.00000144. The third-order valence-corrected chi connectivity index (χ3v) is 6.66. The van der Waals surface area contributed by atoms with Gasteiger partial charge in [0.25, 0.3) is 10.0 Å². The lowest BCUT2D eigenvalue weighted by Crippen LogP contribution is -2.33. The number of nitrogens with zero attached hydrogens (tertiary/aromatic N) is 1. The molecule has 0 amide bonds. The zero-order valence-electron chi connectivity index (χ0n) is 9.22. The highest BCUT2D eigenvalue weighted by Crippen LogP contribution is 2.29. The van der Waals surface area contributed by atoms with Crippen LogP contribution in [0.5, 0.6) is 0 Å². The molecule has 0 radical (unpaired) electrons. The minimum Gasteiger partial charge on any atom is -0.316 e. The molecular weight excluding hydrogens is 348 g/mol. The first-order valence-electron chi connectivity index (χ1n) is 4.97. The molecule has 2 rings (SSSR count). The summed E-state index contributed by atoms with van der Waals surface area (Å²) < 4.78 is 27.2. The highest BCUT2D eigenvalue weighted by atomic mass is 79.9. The van der Waals surface area contributed by atoms with Gasteiger partial charge in [-0.2, -0.15) is 4.31 Å². The van der Waals surface area contributed by atoms with Crippen molar-refractivity contribution >= 4 is 49.7 Å². The molecule has 17 heavy (non-hydrogen) atoms. The Labute approximate surface area is 120 Å². The van der Waals surface area contributed by atoms with Gasteiger partial charge in [0.2, 0.25) is 0 Å². The molecule has 1 aromatic rings. The minimum absolute atomic E-state index is 0. The van der Waals surface area contributed by atoms with Gasteiger partial charge in [-0.3, -0.25) is 0 Å². The van der Waals surface area contributed by atoms with Crippen molar-refractivity contribution in [2.24, 2.45) is 0 Å². The third kappa shape index (κ3) is 3.21. The van der Waals surface area contributed by atoms with Crippen LogP contribution < -0.4 is 5.32 Å². The van der Waals surface area contributed by atoms with E-state index in [-0.39, 0.29) is 18.4 Å². The van der Waals surface area contributed by atoms with Crippen LogP contribution in [0.2, 0.25) is 0 Å². The van der Waals surface area contributed by atoms with Gasteiger partial charge in [-0.1, -0.05) is 0 Å². The quantitative estimate of drug-likeness (QED) is 0.895. The van der Waals surface area contributed by atoms with Crippen LogP contribution in [-0.4, -0.2) is 38.9 Å². The van der Waals surface area contributed by atoms with Crippen LogP contribution in [0.1, 0.15) is 6.42 Å². The Kier molecular flexibility index (Phi) is 5.42. The molecule has 1 aliphatic rings. The number of halogens is 2. The van der Waals surface area contributed by atoms with E-state index in [2.05, 4.69) is 21.2 Å². The van der Waals surface area contributed by atoms with Crippen molar-refractivity contribution < 1.29 is 8.42 Å². The fraction of sp³-hybridized carbons (Fsp3) is 0.556. The van der Waals surface area contributed by atoms with Gasteiger partial charge in [0.1, 0.15) is 4.21 Å². The Hall–Kier alpha value is 0.340. The van der Waals surface area contributed by atoms with Crippen LogP contribution in [-0.2, 0) is 10.0 Å². The average molecular weight is 362 g/mol. The first kappa shape index (κ1) is 15.4. The SMILES string of the molecule is CNC1CCN(S(=O)(=O)c2ccc(Br)s2)C1.Cl. The maximum atomic E-state index is 12.2. The predicted octanol–water partition coefficient (Wildman–Crippen LogP) is 1.91. The second-order valence-corrected chi connectivity index (χ2v) is 8.32. The molecular formula is C9H14BrClN2O2S2. The summed E-state index contributed by atoms with van der Waals surface area (Å²) in [6.45, 7) is 1.16. The summed E-state index contributed by atoms with van der Waals surface area (Å²) in [6.07, 6.45) is 0.877. The van der Waals surface area contributed by atoms with E-state index in [1.54, 1.807) is 16.4 Å². The van der Waals surface area contributed by atoms with Gasteiger partial charge in [0.15, 0.2) is 0 Å². The molecule has 0 saturated carbocycles. The van der Waals surface area contributed by atoms with E-state index < -0.39 is 10.0 Å². The van der Waals surface area contributed by atoms with Gasteiger partial charge < -0.3 is 5.32 Å². The second-order valence-electron chi connectivity index (χ2n) is 3.70. The van der Waals surface area contributed by atoms with Crippen LogP contribution in [0.25, 0.3) is 0 Å². The first-order chi connectivity index (χ1) is 7.54.